The monoisotopic (exact) mass is 310 g/mol. The van der Waals surface area contributed by atoms with E-state index in [1.165, 1.54) is 0 Å². The number of carbonyl (C=O) groups excluding carboxylic acids is 2. The van der Waals surface area contributed by atoms with Crippen LogP contribution in [0.3, 0.4) is 0 Å². The van der Waals surface area contributed by atoms with Crippen LogP contribution in [0.4, 0.5) is 5.69 Å². The molecule has 0 bridgehead atoms. The van der Waals surface area contributed by atoms with Gasteiger partial charge in [0.05, 0.1) is 13.1 Å². The number of carboxylic acids is 1. The summed E-state index contributed by atoms with van der Waals surface area (Å²) in [6, 6.07) is 6.15. The van der Waals surface area contributed by atoms with Crippen LogP contribution in [0, 0.1) is 0 Å². The molecule has 1 aromatic rings. The zero-order valence-electron chi connectivity index (χ0n) is 11.7. The molecule has 0 saturated carbocycles. The third-order valence-electron chi connectivity index (χ3n) is 3.79. The van der Waals surface area contributed by atoms with Gasteiger partial charge in [0.2, 0.25) is 0 Å². The number of rotatable bonds is 5. The van der Waals surface area contributed by atoms with Gasteiger partial charge >= 0.3 is 0 Å². The summed E-state index contributed by atoms with van der Waals surface area (Å²) in [7, 11) is 0. The van der Waals surface area contributed by atoms with Gasteiger partial charge in [-0.25, -0.2) is 0 Å². The maximum atomic E-state index is 12.4. The van der Waals surface area contributed by atoms with Crippen molar-refractivity contribution in [1.29, 1.82) is 0 Å². The lowest BCUT2D eigenvalue weighted by atomic mass is 10.1. The number of likely N-dealkylation sites (tertiary alicyclic amines) is 1. The van der Waals surface area contributed by atoms with E-state index in [2.05, 4.69) is 5.32 Å². The molecule has 1 saturated heterocycles. The van der Waals surface area contributed by atoms with Crippen molar-refractivity contribution in [2.75, 3.05) is 18.4 Å². The summed E-state index contributed by atoms with van der Waals surface area (Å²) in [6.45, 7) is 1.65. The van der Waals surface area contributed by atoms with Gasteiger partial charge in [0, 0.05) is 23.1 Å². The Bertz CT molecular complexity index is 498. The van der Waals surface area contributed by atoms with E-state index in [4.69, 9.17) is 11.6 Å². The molecular formula is C15H19ClN2O3. The van der Waals surface area contributed by atoms with Crippen molar-refractivity contribution in [2.24, 2.45) is 0 Å². The quantitative estimate of drug-likeness (QED) is 0.795. The fourth-order valence-corrected chi connectivity index (χ4v) is 2.83. The number of carbonyl (C=O) groups is 2. The Morgan fingerprint density at radius 1 is 1.19 bits per heavy atom. The van der Waals surface area contributed by atoms with Crippen LogP contribution in [0.25, 0.3) is 0 Å². The molecule has 1 aliphatic rings. The summed E-state index contributed by atoms with van der Waals surface area (Å²) in [5.74, 6) is -1.47. The van der Waals surface area contributed by atoms with Gasteiger partial charge in [0.1, 0.15) is 0 Å². The minimum Gasteiger partial charge on any atom is -0.550 e. The summed E-state index contributed by atoms with van der Waals surface area (Å²) in [5.41, 5.74) is 0.615. The number of carboxylic acid groups (broad SMARTS) is 1. The Balaban J connectivity index is 2.05. The topological polar surface area (TPSA) is 73.7 Å². The van der Waals surface area contributed by atoms with E-state index in [9.17, 15) is 14.7 Å². The molecule has 1 fully saturated rings. The Labute approximate surface area is 128 Å². The summed E-state index contributed by atoms with van der Waals surface area (Å²) < 4.78 is 0. The Hall–Kier alpha value is -1.59. The zero-order chi connectivity index (χ0) is 15.2. The van der Waals surface area contributed by atoms with Gasteiger partial charge in [0.15, 0.2) is 6.04 Å². The second kappa shape index (κ2) is 7.43. The Morgan fingerprint density at radius 3 is 2.38 bits per heavy atom. The summed E-state index contributed by atoms with van der Waals surface area (Å²) in [5, 5.41) is 14.3. The van der Waals surface area contributed by atoms with Crippen LogP contribution < -0.4 is 15.3 Å². The third-order valence-corrected chi connectivity index (χ3v) is 4.04. The van der Waals surface area contributed by atoms with E-state index in [-0.39, 0.29) is 12.3 Å². The second-order valence-electron chi connectivity index (χ2n) is 5.34. The lowest BCUT2D eigenvalue weighted by Crippen LogP contribution is -3.17. The summed E-state index contributed by atoms with van der Waals surface area (Å²) in [6.07, 6.45) is 2.93. The third kappa shape index (κ3) is 4.72. The molecule has 0 spiro atoms. The standard InChI is InChI=1S/C15H19ClN2O3/c16-11-4-6-12(7-5-11)17-15(21)13(10-14(19)20)18-8-2-1-3-9-18/h4-7,13H,1-3,8-10H2,(H,17,21)(H,19,20)/t13-/m0/s1. The van der Waals surface area contributed by atoms with Crippen molar-refractivity contribution in [3.8, 4) is 0 Å². The van der Waals surface area contributed by atoms with E-state index < -0.39 is 12.0 Å². The van der Waals surface area contributed by atoms with Gasteiger partial charge in [0.25, 0.3) is 5.91 Å². The molecule has 2 N–H and O–H groups in total. The molecule has 6 heteroatoms. The number of halogens is 1. The number of hydrogen-bond donors (Lipinski definition) is 2. The average molecular weight is 311 g/mol. The van der Waals surface area contributed by atoms with Crippen molar-refractivity contribution < 1.29 is 19.6 Å². The molecule has 2 rings (SSSR count). The molecule has 114 valence electrons. The Kier molecular flexibility index (Phi) is 5.59. The molecule has 0 unspecified atom stereocenters. The molecule has 1 heterocycles. The van der Waals surface area contributed by atoms with E-state index in [0.717, 1.165) is 37.3 Å². The van der Waals surface area contributed by atoms with Crippen LogP contribution in [0.15, 0.2) is 24.3 Å². The van der Waals surface area contributed by atoms with Crippen LogP contribution in [-0.4, -0.2) is 31.0 Å². The zero-order valence-corrected chi connectivity index (χ0v) is 12.5. The van der Waals surface area contributed by atoms with Gasteiger partial charge in [-0.1, -0.05) is 11.6 Å². The second-order valence-corrected chi connectivity index (χ2v) is 5.78. The maximum absolute atomic E-state index is 12.4. The smallest absolute Gasteiger partial charge is 0.283 e. The average Bonchev–Trinajstić information content (AvgIpc) is 2.48. The highest BCUT2D eigenvalue weighted by molar-refractivity contribution is 6.30. The first kappa shape index (κ1) is 15.8. The first-order valence-corrected chi connectivity index (χ1v) is 7.55. The van der Waals surface area contributed by atoms with Crippen LogP contribution in [0.5, 0.6) is 0 Å². The number of benzene rings is 1. The van der Waals surface area contributed by atoms with Crippen LogP contribution >= 0.6 is 11.6 Å². The predicted octanol–water partition coefficient (Wildman–Crippen LogP) is -0.144. The lowest BCUT2D eigenvalue weighted by Gasteiger charge is -2.30. The highest BCUT2D eigenvalue weighted by atomic mass is 35.5. The van der Waals surface area contributed by atoms with Gasteiger partial charge < -0.3 is 20.1 Å². The van der Waals surface area contributed by atoms with Gasteiger partial charge in [-0.05, 0) is 43.5 Å². The molecule has 0 aromatic heterocycles. The lowest BCUT2D eigenvalue weighted by molar-refractivity contribution is -0.920. The highest BCUT2D eigenvalue weighted by Gasteiger charge is 2.31. The fourth-order valence-electron chi connectivity index (χ4n) is 2.71. The van der Waals surface area contributed by atoms with Crippen LogP contribution in [-0.2, 0) is 9.59 Å². The SMILES string of the molecule is O=C([O-])C[C@@H](C(=O)Nc1ccc(Cl)cc1)[NH+]1CCCCC1. The normalized spacial score (nSPS) is 17.2. The van der Waals surface area contributed by atoms with E-state index in [1.54, 1.807) is 24.3 Å². The van der Waals surface area contributed by atoms with Crippen molar-refractivity contribution in [3.05, 3.63) is 29.3 Å². The van der Waals surface area contributed by atoms with Crippen molar-refractivity contribution >= 4 is 29.2 Å². The number of amides is 1. The van der Waals surface area contributed by atoms with Crippen LogP contribution in [0.1, 0.15) is 25.7 Å². The molecular weight excluding hydrogens is 292 g/mol. The van der Waals surface area contributed by atoms with E-state index >= 15 is 0 Å². The summed E-state index contributed by atoms with van der Waals surface area (Å²) >= 11 is 5.80. The molecule has 1 aliphatic heterocycles. The maximum Gasteiger partial charge on any atom is 0.283 e. The predicted molar refractivity (Wildman–Crippen MR) is 78.0 cm³/mol. The highest BCUT2D eigenvalue weighted by Crippen LogP contribution is 2.13. The number of nitrogens with one attached hydrogen (secondary N) is 2. The molecule has 1 aromatic carbocycles. The number of hydrogen-bond acceptors (Lipinski definition) is 3. The molecule has 1 amide bonds. The molecule has 0 aliphatic carbocycles. The van der Waals surface area contributed by atoms with E-state index in [0.29, 0.717) is 10.7 Å². The summed E-state index contributed by atoms with van der Waals surface area (Å²) in [4.78, 5) is 24.3. The van der Waals surface area contributed by atoms with Crippen molar-refractivity contribution in [2.45, 2.75) is 31.7 Å². The number of aliphatic carboxylic acids is 1. The fraction of sp³-hybridized carbons (Fsp3) is 0.467. The van der Waals surface area contributed by atoms with Crippen LogP contribution in [0.2, 0.25) is 5.02 Å². The van der Waals surface area contributed by atoms with Crippen molar-refractivity contribution in [1.82, 2.24) is 0 Å². The Morgan fingerprint density at radius 2 is 1.81 bits per heavy atom. The first-order chi connectivity index (χ1) is 10.1. The molecule has 0 radical (unpaired) electrons. The number of piperidine rings is 1. The molecule has 1 atom stereocenters. The minimum atomic E-state index is -1.19. The minimum absolute atomic E-state index is 0.255. The van der Waals surface area contributed by atoms with Gasteiger partial charge in [-0.15, -0.1) is 0 Å². The first-order valence-electron chi connectivity index (χ1n) is 7.17. The number of anilines is 1. The van der Waals surface area contributed by atoms with E-state index in [1.807, 2.05) is 0 Å². The van der Waals surface area contributed by atoms with Gasteiger partial charge in [-0.3, -0.25) is 4.79 Å². The number of quaternary nitrogens is 1. The largest absolute Gasteiger partial charge is 0.550 e. The molecule has 21 heavy (non-hydrogen) atoms. The van der Waals surface area contributed by atoms with Gasteiger partial charge in [-0.2, -0.15) is 0 Å². The van der Waals surface area contributed by atoms with Crippen molar-refractivity contribution in [3.63, 3.8) is 0 Å². The molecule has 5 nitrogen and oxygen atoms in total.